The van der Waals surface area contributed by atoms with E-state index in [1.807, 2.05) is 38.1 Å². The van der Waals surface area contributed by atoms with Crippen LogP contribution in [0.2, 0.25) is 0 Å². The lowest BCUT2D eigenvalue weighted by Gasteiger charge is -2.11. The van der Waals surface area contributed by atoms with Gasteiger partial charge >= 0.3 is 6.18 Å². The number of rotatable bonds is 7. The Kier molecular flexibility index (Phi) is 9.61. The highest BCUT2D eigenvalue weighted by Crippen LogP contribution is 2.19. The smallest absolute Gasteiger partial charge is 0.390 e. The van der Waals surface area contributed by atoms with E-state index in [0.29, 0.717) is 31.4 Å². The van der Waals surface area contributed by atoms with E-state index < -0.39 is 12.6 Å². The molecule has 2 rings (SSSR count). The topological polar surface area (TPSA) is 62.5 Å². The first-order chi connectivity index (χ1) is 12.4. The first-order valence-corrected chi connectivity index (χ1v) is 8.48. The number of hydrogen-bond donors (Lipinski definition) is 2. The van der Waals surface area contributed by atoms with Crippen LogP contribution in [0.1, 0.15) is 24.6 Å². The quantitative estimate of drug-likeness (QED) is 0.341. The Bertz CT molecular complexity index is 714. The Morgan fingerprint density at radius 1 is 1.19 bits per heavy atom. The van der Waals surface area contributed by atoms with Gasteiger partial charge in [-0.3, -0.25) is 4.99 Å². The summed E-state index contributed by atoms with van der Waals surface area (Å²) < 4.78 is 42.1. The minimum Gasteiger partial charge on any atom is -0.444 e. The number of halogens is 4. The number of alkyl halides is 3. The number of nitrogens with zero attached hydrogens (tertiary/aromatic N) is 2. The summed E-state index contributed by atoms with van der Waals surface area (Å²) in [5.41, 5.74) is 2.82. The Morgan fingerprint density at radius 3 is 2.52 bits per heavy atom. The number of aryl methyl sites for hydroxylation is 1. The molecular weight excluding hydrogens is 472 g/mol. The summed E-state index contributed by atoms with van der Waals surface area (Å²) in [5, 5.41) is 5.92. The van der Waals surface area contributed by atoms with Crippen LogP contribution in [0.5, 0.6) is 0 Å². The number of benzene rings is 1. The summed E-state index contributed by atoms with van der Waals surface area (Å²) in [6.45, 7) is 4.61. The summed E-state index contributed by atoms with van der Waals surface area (Å²) >= 11 is 0. The zero-order valence-corrected chi connectivity index (χ0v) is 17.6. The fourth-order valence-corrected chi connectivity index (χ4v) is 2.20. The molecule has 0 atom stereocenters. The van der Waals surface area contributed by atoms with Gasteiger partial charge in [-0.15, -0.1) is 24.0 Å². The van der Waals surface area contributed by atoms with Gasteiger partial charge in [0, 0.05) is 25.1 Å². The maximum atomic E-state index is 12.2. The van der Waals surface area contributed by atoms with E-state index in [2.05, 4.69) is 20.6 Å². The Labute approximate surface area is 173 Å². The van der Waals surface area contributed by atoms with Crippen LogP contribution in [0.3, 0.4) is 0 Å². The van der Waals surface area contributed by atoms with Gasteiger partial charge < -0.3 is 15.1 Å². The highest BCUT2D eigenvalue weighted by atomic mass is 127. The molecule has 0 fully saturated rings. The molecule has 0 saturated heterocycles. The lowest BCUT2D eigenvalue weighted by Crippen LogP contribution is -2.38. The standard InChI is InChI=1S/C18H23F3N4O.HI/c1-3-22-17(24-11-9-18(19,20)21)23-10-8-15-12-26-16(25-15)14-6-4-13(2)5-7-14;/h4-7,12H,3,8-11H2,1-2H3,(H2,22,23,24);1H. The largest absolute Gasteiger partial charge is 0.444 e. The predicted octanol–water partition coefficient (Wildman–Crippen LogP) is 4.32. The van der Waals surface area contributed by atoms with Gasteiger partial charge in [-0.1, -0.05) is 17.7 Å². The highest BCUT2D eigenvalue weighted by Gasteiger charge is 2.26. The minimum atomic E-state index is -4.20. The second-order valence-corrected chi connectivity index (χ2v) is 5.81. The summed E-state index contributed by atoms with van der Waals surface area (Å²) in [4.78, 5) is 8.35. The van der Waals surface area contributed by atoms with Crippen molar-refractivity contribution in [3.05, 3.63) is 41.8 Å². The number of aromatic nitrogens is 1. The summed E-state index contributed by atoms with van der Waals surface area (Å²) in [7, 11) is 0. The third kappa shape index (κ3) is 8.63. The minimum absolute atomic E-state index is 0. The first-order valence-electron chi connectivity index (χ1n) is 8.48. The monoisotopic (exact) mass is 496 g/mol. The van der Waals surface area contributed by atoms with Gasteiger partial charge in [0.15, 0.2) is 5.96 Å². The van der Waals surface area contributed by atoms with Crippen LogP contribution in [-0.2, 0) is 6.42 Å². The molecule has 2 aromatic rings. The van der Waals surface area contributed by atoms with Gasteiger partial charge in [-0.25, -0.2) is 4.98 Å². The molecule has 1 heterocycles. The van der Waals surface area contributed by atoms with Crippen LogP contribution in [-0.4, -0.2) is 36.8 Å². The molecule has 2 N–H and O–H groups in total. The molecule has 0 saturated carbocycles. The molecule has 0 spiro atoms. The molecule has 0 aliphatic heterocycles. The third-order valence-electron chi connectivity index (χ3n) is 3.53. The van der Waals surface area contributed by atoms with Crippen molar-refractivity contribution in [2.24, 2.45) is 4.99 Å². The molecule has 0 amide bonds. The van der Waals surface area contributed by atoms with Crippen LogP contribution in [0.4, 0.5) is 13.2 Å². The van der Waals surface area contributed by atoms with Gasteiger partial charge in [0.05, 0.1) is 18.7 Å². The number of oxazole rings is 1. The van der Waals surface area contributed by atoms with E-state index in [1.165, 1.54) is 0 Å². The summed E-state index contributed by atoms with van der Waals surface area (Å²) in [5.74, 6) is 0.907. The van der Waals surface area contributed by atoms with Gasteiger partial charge in [-0.05, 0) is 26.0 Å². The molecule has 1 aromatic heterocycles. The zero-order valence-electron chi connectivity index (χ0n) is 15.3. The number of guanidine groups is 1. The molecule has 0 unspecified atom stereocenters. The lowest BCUT2D eigenvalue weighted by atomic mass is 10.1. The third-order valence-corrected chi connectivity index (χ3v) is 3.53. The summed E-state index contributed by atoms with van der Waals surface area (Å²) in [6, 6.07) is 7.86. The van der Waals surface area contributed by atoms with Crippen LogP contribution in [0.15, 0.2) is 39.9 Å². The Hall–Kier alpha value is -1.78. The molecule has 0 aliphatic rings. The molecule has 0 bridgehead atoms. The normalized spacial score (nSPS) is 11.8. The van der Waals surface area contributed by atoms with Crippen molar-refractivity contribution in [3.63, 3.8) is 0 Å². The number of nitrogens with one attached hydrogen (secondary N) is 2. The number of hydrogen-bond acceptors (Lipinski definition) is 3. The van der Waals surface area contributed by atoms with Crippen LogP contribution in [0.25, 0.3) is 11.5 Å². The van der Waals surface area contributed by atoms with Crippen molar-refractivity contribution < 1.29 is 17.6 Å². The van der Waals surface area contributed by atoms with E-state index in [4.69, 9.17) is 4.42 Å². The van der Waals surface area contributed by atoms with Crippen LogP contribution < -0.4 is 10.6 Å². The number of aliphatic imine (C=N–C) groups is 1. The molecule has 0 aliphatic carbocycles. The van der Waals surface area contributed by atoms with Crippen molar-refractivity contribution in [1.29, 1.82) is 0 Å². The first kappa shape index (κ1) is 23.3. The maximum Gasteiger partial charge on any atom is 0.390 e. The second-order valence-electron chi connectivity index (χ2n) is 5.81. The average Bonchev–Trinajstić information content (AvgIpc) is 3.03. The van der Waals surface area contributed by atoms with Gasteiger partial charge in [0.25, 0.3) is 0 Å². The van der Waals surface area contributed by atoms with E-state index in [0.717, 1.165) is 16.8 Å². The van der Waals surface area contributed by atoms with Crippen molar-refractivity contribution in [1.82, 2.24) is 15.6 Å². The van der Waals surface area contributed by atoms with Gasteiger partial charge in [0.1, 0.15) is 6.26 Å². The van der Waals surface area contributed by atoms with Crippen molar-refractivity contribution in [2.75, 3.05) is 19.6 Å². The molecule has 1 aromatic carbocycles. The summed E-state index contributed by atoms with van der Waals surface area (Å²) in [6.07, 6.45) is -2.98. The van der Waals surface area contributed by atoms with Crippen molar-refractivity contribution in [3.8, 4) is 11.5 Å². The van der Waals surface area contributed by atoms with Gasteiger partial charge in [-0.2, -0.15) is 13.2 Å². The lowest BCUT2D eigenvalue weighted by molar-refractivity contribution is -0.132. The Balaban J connectivity index is 0.00000364. The molecule has 5 nitrogen and oxygen atoms in total. The van der Waals surface area contributed by atoms with E-state index in [1.54, 1.807) is 6.26 Å². The second kappa shape index (κ2) is 11.2. The molecule has 150 valence electrons. The maximum absolute atomic E-state index is 12.2. The highest BCUT2D eigenvalue weighted by molar-refractivity contribution is 14.0. The SMILES string of the molecule is CCNC(=NCCC(F)(F)F)NCCc1coc(-c2ccc(C)cc2)n1.I. The fraction of sp³-hybridized carbons (Fsp3) is 0.444. The molecule has 9 heteroatoms. The van der Waals surface area contributed by atoms with E-state index in [9.17, 15) is 13.2 Å². The predicted molar refractivity (Wildman–Crippen MR) is 110 cm³/mol. The molecule has 27 heavy (non-hydrogen) atoms. The van der Waals surface area contributed by atoms with Crippen LogP contribution >= 0.6 is 24.0 Å². The van der Waals surface area contributed by atoms with Crippen molar-refractivity contribution >= 4 is 29.9 Å². The van der Waals surface area contributed by atoms with Crippen LogP contribution in [0, 0.1) is 6.92 Å². The Morgan fingerprint density at radius 2 is 1.89 bits per heavy atom. The van der Waals surface area contributed by atoms with Gasteiger partial charge in [0.2, 0.25) is 5.89 Å². The molecule has 0 radical (unpaired) electrons. The van der Waals surface area contributed by atoms with E-state index in [-0.39, 0.29) is 30.5 Å². The average molecular weight is 496 g/mol. The zero-order chi connectivity index (χ0) is 19.0. The van der Waals surface area contributed by atoms with E-state index >= 15 is 0 Å². The van der Waals surface area contributed by atoms with Crippen molar-refractivity contribution in [2.45, 2.75) is 32.9 Å². The fourth-order valence-electron chi connectivity index (χ4n) is 2.20. The molecular formula is C18H24F3IN4O.